The van der Waals surface area contributed by atoms with Crippen molar-refractivity contribution in [2.24, 2.45) is 11.3 Å². The van der Waals surface area contributed by atoms with E-state index in [2.05, 4.69) is 10.1 Å². The van der Waals surface area contributed by atoms with Crippen LogP contribution in [0, 0.1) is 11.3 Å². The third-order valence-corrected chi connectivity index (χ3v) is 6.40. The molecule has 1 atom stereocenters. The number of likely N-dealkylation sites (tertiary alicyclic amines) is 2. The highest BCUT2D eigenvalue weighted by Crippen LogP contribution is 2.40. The van der Waals surface area contributed by atoms with Gasteiger partial charge in [-0.3, -0.25) is 19.3 Å². The molecule has 0 saturated carbocycles. The molecule has 2 aliphatic rings. The summed E-state index contributed by atoms with van der Waals surface area (Å²) in [5, 5.41) is 4.21. The van der Waals surface area contributed by atoms with Gasteiger partial charge in [-0.2, -0.15) is 5.10 Å². The highest BCUT2D eigenvalue weighted by Gasteiger charge is 2.42. The Labute approximate surface area is 171 Å². The first-order chi connectivity index (χ1) is 14.0. The van der Waals surface area contributed by atoms with Gasteiger partial charge < -0.3 is 9.80 Å². The van der Waals surface area contributed by atoms with Gasteiger partial charge in [-0.25, -0.2) is 0 Å². The van der Waals surface area contributed by atoms with Gasteiger partial charge in [-0.05, 0) is 42.9 Å². The van der Waals surface area contributed by atoms with Gasteiger partial charge >= 0.3 is 0 Å². The van der Waals surface area contributed by atoms with Gasteiger partial charge in [-0.1, -0.05) is 13.0 Å². The van der Waals surface area contributed by atoms with Crippen molar-refractivity contribution in [3.63, 3.8) is 0 Å². The van der Waals surface area contributed by atoms with Crippen LogP contribution in [0.3, 0.4) is 0 Å². The van der Waals surface area contributed by atoms with E-state index in [1.807, 2.05) is 51.9 Å². The molecular weight excluding hydrogens is 366 g/mol. The summed E-state index contributed by atoms with van der Waals surface area (Å²) in [4.78, 5) is 33.7. The van der Waals surface area contributed by atoms with Crippen LogP contribution < -0.4 is 0 Å². The fourth-order valence-corrected chi connectivity index (χ4v) is 4.62. The summed E-state index contributed by atoms with van der Waals surface area (Å²) in [6.07, 6.45) is 8.84. The number of aromatic nitrogens is 3. The van der Waals surface area contributed by atoms with Gasteiger partial charge in [0.15, 0.2) is 0 Å². The number of rotatable bonds is 5. The zero-order chi connectivity index (χ0) is 20.3. The predicted octanol–water partition coefficient (Wildman–Crippen LogP) is 2.35. The van der Waals surface area contributed by atoms with Crippen LogP contribution in [0.4, 0.5) is 0 Å². The maximum Gasteiger partial charge on any atom is 0.227 e. The van der Waals surface area contributed by atoms with Gasteiger partial charge in [0.2, 0.25) is 11.8 Å². The van der Waals surface area contributed by atoms with E-state index in [4.69, 9.17) is 0 Å². The van der Waals surface area contributed by atoms with Gasteiger partial charge in [0.25, 0.3) is 0 Å². The monoisotopic (exact) mass is 395 g/mol. The summed E-state index contributed by atoms with van der Waals surface area (Å²) in [6, 6.07) is 7.70. The van der Waals surface area contributed by atoms with Gasteiger partial charge in [0.05, 0.1) is 24.7 Å². The van der Waals surface area contributed by atoms with Crippen molar-refractivity contribution < 1.29 is 9.59 Å². The lowest BCUT2D eigenvalue weighted by Gasteiger charge is -2.47. The molecule has 7 heteroatoms. The quantitative estimate of drug-likeness (QED) is 0.779. The van der Waals surface area contributed by atoms with Crippen LogP contribution in [0.2, 0.25) is 0 Å². The second kappa shape index (κ2) is 8.35. The molecule has 29 heavy (non-hydrogen) atoms. The minimum Gasteiger partial charge on any atom is -0.342 e. The average molecular weight is 396 g/mol. The fraction of sp³-hybridized carbons (Fsp3) is 0.545. The second-order valence-electron chi connectivity index (χ2n) is 8.53. The van der Waals surface area contributed by atoms with E-state index in [-0.39, 0.29) is 23.1 Å². The van der Waals surface area contributed by atoms with Gasteiger partial charge in [-0.15, -0.1) is 0 Å². The van der Waals surface area contributed by atoms with Crippen LogP contribution in [-0.4, -0.2) is 56.0 Å². The Morgan fingerprint density at radius 1 is 1.17 bits per heavy atom. The lowest BCUT2D eigenvalue weighted by molar-refractivity contribution is -0.144. The molecule has 1 spiro atoms. The first-order valence-electron chi connectivity index (χ1n) is 10.5. The summed E-state index contributed by atoms with van der Waals surface area (Å²) in [5.74, 6) is 0.331. The lowest BCUT2D eigenvalue weighted by Crippen LogP contribution is -2.52. The van der Waals surface area contributed by atoms with E-state index < -0.39 is 0 Å². The minimum atomic E-state index is -0.0856. The average Bonchev–Trinajstić information content (AvgIpc) is 3.25. The van der Waals surface area contributed by atoms with Crippen molar-refractivity contribution in [3.8, 4) is 0 Å². The normalized spacial score (nSPS) is 20.1. The summed E-state index contributed by atoms with van der Waals surface area (Å²) < 4.78 is 1.82. The summed E-state index contributed by atoms with van der Waals surface area (Å²) in [7, 11) is 0. The number of pyridine rings is 1. The molecule has 0 N–H and O–H groups in total. The van der Waals surface area contributed by atoms with Crippen molar-refractivity contribution in [3.05, 3.63) is 48.5 Å². The van der Waals surface area contributed by atoms with E-state index in [1.54, 1.807) is 12.4 Å². The molecule has 4 rings (SSSR count). The molecule has 1 unspecified atom stereocenters. The SMILES string of the molecule is CC(Cn1cccn1)C(=O)N1CCC2(CCC(=O)N(Cc3ccccn3)C2)CC1. The van der Waals surface area contributed by atoms with E-state index in [0.29, 0.717) is 19.5 Å². The third kappa shape index (κ3) is 4.49. The number of amides is 2. The standard InChI is InChI=1S/C22H29N5O2/c1-18(15-27-12-4-11-24-27)21(29)25-13-8-22(9-14-25)7-6-20(28)26(17-22)16-19-5-2-3-10-23-19/h2-5,10-12,18H,6-9,13-17H2,1H3. The lowest BCUT2D eigenvalue weighted by atomic mass is 9.72. The largest absolute Gasteiger partial charge is 0.342 e. The Hall–Kier alpha value is -2.70. The molecule has 0 radical (unpaired) electrons. The number of carbonyl (C=O) groups is 2. The third-order valence-electron chi connectivity index (χ3n) is 6.40. The van der Waals surface area contributed by atoms with Crippen LogP contribution in [-0.2, 0) is 22.7 Å². The fourth-order valence-electron chi connectivity index (χ4n) is 4.62. The number of piperidine rings is 2. The molecule has 2 amide bonds. The number of nitrogens with zero attached hydrogens (tertiary/aromatic N) is 5. The van der Waals surface area contributed by atoms with Crippen molar-refractivity contribution >= 4 is 11.8 Å². The molecule has 2 aromatic rings. The first kappa shape index (κ1) is 19.6. The van der Waals surface area contributed by atoms with E-state index in [1.165, 1.54) is 0 Å². The molecule has 2 aromatic heterocycles. The zero-order valence-electron chi connectivity index (χ0n) is 17.0. The van der Waals surface area contributed by atoms with Crippen LogP contribution in [0.25, 0.3) is 0 Å². The molecule has 4 heterocycles. The predicted molar refractivity (Wildman–Crippen MR) is 109 cm³/mol. The first-order valence-corrected chi connectivity index (χ1v) is 10.5. The van der Waals surface area contributed by atoms with Crippen LogP contribution in [0.1, 0.15) is 38.3 Å². The topological polar surface area (TPSA) is 71.3 Å². The Bertz CT molecular complexity index is 828. The van der Waals surface area contributed by atoms with Crippen molar-refractivity contribution in [1.29, 1.82) is 0 Å². The summed E-state index contributed by atoms with van der Waals surface area (Å²) in [6.45, 7) is 5.47. The van der Waals surface area contributed by atoms with Crippen molar-refractivity contribution in [2.75, 3.05) is 19.6 Å². The smallest absolute Gasteiger partial charge is 0.227 e. The van der Waals surface area contributed by atoms with Crippen molar-refractivity contribution in [1.82, 2.24) is 24.6 Å². The van der Waals surface area contributed by atoms with E-state index >= 15 is 0 Å². The van der Waals surface area contributed by atoms with E-state index in [0.717, 1.165) is 44.6 Å². The molecule has 0 bridgehead atoms. The van der Waals surface area contributed by atoms with Crippen LogP contribution in [0.15, 0.2) is 42.9 Å². The molecule has 0 aliphatic carbocycles. The highest BCUT2D eigenvalue weighted by atomic mass is 16.2. The second-order valence-corrected chi connectivity index (χ2v) is 8.53. The molecule has 0 aromatic carbocycles. The molecular formula is C22H29N5O2. The molecule has 2 aliphatic heterocycles. The minimum absolute atomic E-state index is 0.0856. The summed E-state index contributed by atoms with van der Waals surface area (Å²) >= 11 is 0. The number of hydrogen-bond acceptors (Lipinski definition) is 4. The molecule has 154 valence electrons. The maximum absolute atomic E-state index is 12.9. The number of hydrogen-bond donors (Lipinski definition) is 0. The molecule has 2 fully saturated rings. The Kier molecular flexibility index (Phi) is 5.65. The Balaban J connectivity index is 1.34. The van der Waals surface area contributed by atoms with Gasteiger partial charge in [0.1, 0.15) is 0 Å². The Morgan fingerprint density at radius 3 is 2.69 bits per heavy atom. The van der Waals surface area contributed by atoms with E-state index in [9.17, 15) is 9.59 Å². The number of carbonyl (C=O) groups excluding carboxylic acids is 2. The molecule has 2 saturated heterocycles. The van der Waals surface area contributed by atoms with Crippen LogP contribution in [0.5, 0.6) is 0 Å². The summed E-state index contributed by atoms with van der Waals surface area (Å²) in [5.41, 5.74) is 1.06. The van der Waals surface area contributed by atoms with Gasteiger partial charge in [0, 0.05) is 44.6 Å². The van der Waals surface area contributed by atoms with Crippen LogP contribution >= 0.6 is 0 Å². The van der Waals surface area contributed by atoms with Crippen molar-refractivity contribution in [2.45, 2.75) is 45.7 Å². The highest BCUT2D eigenvalue weighted by molar-refractivity contribution is 5.79. The maximum atomic E-state index is 12.9. The zero-order valence-corrected chi connectivity index (χ0v) is 17.0. The molecule has 7 nitrogen and oxygen atoms in total. The Morgan fingerprint density at radius 2 is 2.00 bits per heavy atom.